The molecule has 0 aromatic carbocycles. The summed E-state index contributed by atoms with van der Waals surface area (Å²) in [5.74, 6) is -3.65. The van der Waals surface area contributed by atoms with Crippen LogP contribution in [0.5, 0.6) is 0 Å². The monoisotopic (exact) mass is 641 g/mol. The quantitative estimate of drug-likeness (QED) is 0.159. The van der Waals surface area contributed by atoms with Crippen LogP contribution in [-0.4, -0.2) is 96.0 Å². The van der Waals surface area contributed by atoms with Gasteiger partial charge in [0.2, 0.25) is 0 Å². The number of hydrogen-bond donors (Lipinski definition) is 2. The average molecular weight is 642 g/mol. The minimum absolute atomic E-state index is 0.235. The van der Waals surface area contributed by atoms with E-state index in [4.69, 9.17) is 27.0 Å². The lowest BCUT2D eigenvalue weighted by Gasteiger charge is -2.53. The molecule has 3 rings (SSSR count). The van der Waals surface area contributed by atoms with Crippen molar-refractivity contribution in [2.24, 2.45) is 5.92 Å². The number of carbonyl (C=O) groups excluding carboxylic acids is 3. The van der Waals surface area contributed by atoms with Crippen LogP contribution in [0.15, 0.2) is 0 Å². The van der Waals surface area contributed by atoms with Crippen LogP contribution in [0, 0.1) is 5.92 Å². The molecule has 0 aliphatic carbocycles. The molecule has 10 nitrogen and oxygen atoms in total. The van der Waals surface area contributed by atoms with Crippen LogP contribution in [0.4, 0.5) is 0 Å². The highest BCUT2D eigenvalue weighted by Crippen LogP contribution is 2.42. The van der Waals surface area contributed by atoms with Gasteiger partial charge in [-0.15, -0.1) is 0 Å². The van der Waals surface area contributed by atoms with Gasteiger partial charge in [-0.1, -0.05) is 12.8 Å². The molecule has 3 fully saturated rings. The lowest BCUT2D eigenvalue weighted by Crippen LogP contribution is -2.61. The third-order valence-electron chi connectivity index (χ3n) is 10.3. The van der Waals surface area contributed by atoms with E-state index < -0.39 is 59.6 Å². The molecular weight excluding hydrogens is 582 g/mol. The van der Waals surface area contributed by atoms with Crippen molar-refractivity contribution >= 4 is 30.7 Å². The van der Waals surface area contributed by atoms with Gasteiger partial charge in [-0.05, 0) is 90.1 Å². The number of esters is 3. The molecule has 254 valence electrons. The molecule has 3 aliphatic heterocycles. The van der Waals surface area contributed by atoms with Crippen LogP contribution < -0.4 is 0 Å². The van der Waals surface area contributed by atoms with Crippen molar-refractivity contribution in [1.29, 1.82) is 0 Å². The first kappa shape index (κ1) is 37.1. The number of likely N-dealkylation sites (tertiary alicyclic amines) is 1. The predicted molar refractivity (Wildman–Crippen MR) is 172 cm³/mol. The molecule has 0 aromatic rings. The Morgan fingerprint density at radius 2 is 0.955 bits per heavy atom. The number of hydroxylamine groups is 2. The van der Waals surface area contributed by atoms with Crippen LogP contribution in [0.2, 0.25) is 0 Å². The number of hydrogen-bond acceptors (Lipinski definition) is 11. The molecule has 3 heterocycles. The molecular formula is C33H59N3O7S. The Morgan fingerprint density at radius 1 is 0.636 bits per heavy atom. The summed E-state index contributed by atoms with van der Waals surface area (Å²) in [6.07, 6.45) is 1.22. The zero-order valence-corrected chi connectivity index (χ0v) is 30.3. The molecule has 0 bridgehead atoms. The number of ether oxygens (including phenoxy) is 3. The van der Waals surface area contributed by atoms with Crippen LogP contribution in [0.1, 0.15) is 128 Å². The van der Waals surface area contributed by atoms with Crippen LogP contribution in [0.3, 0.4) is 0 Å². The highest BCUT2D eigenvalue weighted by atomic mass is 32.1. The first-order valence-corrected chi connectivity index (χ1v) is 16.4. The smallest absolute Gasteiger partial charge is 0.321 e. The van der Waals surface area contributed by atoms with E-state index in [1.54, 1.807) is 0 Å². The van der Waals surface area contributed by atoms with Crippen LogP contribution in [-0.2, 0) is 28.6 Å². The highest BCUT2D eigenvalue weighted by molar-refractivity contribution is 7.77. The SMILES string of the molecule is CN1C(C)(C)CC(OC(=O)C(CC(=O)OC2CC(C)(C)N(O)C(C)(C)C2)C(=O)OC2CC(C)(C)N(S)C(C)(C)C2)CC1(C)C. The molecule has 0 saturated carbocycles. The van der Waals surface area contributed by atoms with Gasteiger partial charge < -0.3 is 19.4 Å². The highest BCUT2D eigenvalue weighted by Gasteiger charge is 2.50. The molecule has 0 amide bonds. The third kappa shape index (κ3) is 8.11. The summed E-state index contributed by atoms with van der Waals surface area (Å²) in [6, 6.07) is 0. The topological polar surface area (TPSA) is 109 Å². The molecule has 44 heavy (non-hydrogen) atoms. The number of piperidine rings is 3. The Labute approximate surface area is 271 Å². The molecule has 3 saturated heterocycles. The summed E-state index contributed by atoms with van der Waals surface area (Å²) in [7, 11) is 2.07. The third-order valence-corrected chi connectivity index (χ3v) is 11.4. The average Bonchev–Trinajstić information content (AvgIpc) is 2.81. The van der Waals surface area contributed by atoms with Gasteiger partial charge in [0.25, 0.3) is 0 Å². The van der Waals surface area contributed by atoms with E-state index in [2.05, 4.69) is 39.6 Å². The van der Waals surface area contributed by atoms with Crippen molar-refractivity contribution < 1.29 is 33.8 Å². The Kier molecular flexibility index (Phi) is 10.4. The maximum absolute atomic E-state index is 13.8. The fourth-order valence-electron chi connectivity index (χ4n) is 8.04. The van der Waals surface area contributed by atoms with Gasteiger partial charge in [-0.25, -0.2) is 4.31 Å². The first-order chi connectivity index (χ1) is 19.7. The molecule has 1 N–H and O–H groups in total. The van der Waals surface area contributed by atoms with E-state index in [0.29, 0.717) is 38.5 Å². The summed E-state index contributed by atoms with van der Waals surface area (Å²) >= 11 is 4.71. The number of rotatable bonds is 7. The summed E-state index contributed by atoms with van der Waals surface area (Å²) in [6.45, 7) is 24.1. The van der Waals surface area contributed by atoms with E-state index in [-0.39, 0.29) is 22.2 Å². The molecule has 3 aliphatic rings. The van der Waals surface area contributed by atoms with Gasteiger partial charge in [0.05, 0.1) is 6.42 Å². The Morgan fingerprint density at radius 3 is 1.34 bits per heavy atom. The Balaban J connectivity index is 1.81. The Bertz CT molecular complexity index is 993. The molecule has 1 atom stereocenters. The van der Waals surface area contributed by atoms with Crippen molar-refractivity contribution in [2.75, 3.05) is 7.05 Å². The second-order valence-corrected chi connectivity index (χ2v) is 17.7. The van der Waals surface area contributed by atoms with Gasteiger partial charge in [0.1, 0.15) is 18.3 Å². The maximum Gasteiger partial charge on any atom is 0.321 e. The predicted octanol–water partition coefficient (Wildman–Crippen LogP) is 5.55. The molecule has 0 aromatic heterocycles. The summed E-state index contributed by atoms with van der Waals surface area (Å²) in [4.78, 5) is 43.2. The number of thiol groups is 1. The molecule has 0 spiro atoms. The van der Waals surface area contributed by atoms with E-state index in [0.717, 1.165) is 0 Å². The van der Waals surface area contributed by atoms with E-state index in [1.807, 2.05) is 59.7 Å². The zero-order chi connectivity index (χ0) is 33.8. The second-order valence-electron chi connectivity index (χ2n) is 17.3. The van der Waals surface area contributed by atoms with Crippen molar-refractivity contribution in [1.82, 2.24) is 14.3 Å². The standard InChI is InChI=1S/C33H59N3O7S/c1-28(2)15-22(16-29(3,4)34(28)13)42-26(38)24(27(39)43-23-19-32(9,10)36(44)33(11,12)20-23)14-25(37)41-21-17-30(5,6)35(40)31(7,8)18-21/h21-24,40,44H,14-20H2,1-13H3. The van der Waals surface area contributed by atoms with Gasteiger partial charge >= 0.3 is 17.9 Å². The number of carbonyl (C=O) groups is 3. The first-order valence-electron chi connectivity index (χ1n) is 16.0. The normalized spacial score (nSPS) is 28.2. The zero-order valence-electron chi connectivity index (χ0n) is 29.4. The largest absolute Gasteiger partial charge is 0.462 e. The summed E-state index contributed by atoms with van der Waals surface area (Å²) in [5.41, 5.74) is -2.45. The molecule has 1 unspecified atom stereocenters. The van der Waals surface area contributed by atoms with Gasteiger partial charge in [0, 0.05) is 71.8 Å². The van der Waals surface area contributed by atoms with Crippen molar-refractivity contribution in [3.63, 3.8) is 0 Å². The van der Waals surface area contributed by atoms with Gasteiger partial charge in [-0.3, -0.25) is 19.3 Å². The maximum atomic E-state index is 13.8. The van der Waals surface area contributed by atoms with Crippen LogP contribution >= 0.6 is 12.8 Å². The summed E-state index contributed by atoms with van der Waals surface area (Å²) in [5, 5.41) is 12.0. The number of nitrogens with zero attached hydrogens (tertiary/aromatic N) is 3. The fourth-order valence-corrected chi connectivity index (χ4v) is 8.21. The van der Waals surface area contributed by atoms with Gasteiger partial charge in [0.15, 0.2) is 5.92 Å². The summed E-state index contributed by atoms with van der Waals surface area (Å²) < 4.78 is 19.9. The van der Waals surface area contributed by atoms with Crippen molar-refractivity contribution in [2.45, 2.75) is 180 Å². The van der Waals surface area contributed by atoms with Crippen molar-refractivity contribution in [3.05, 3.63) is 0 Å². The van der Waals surface area contributed by atoms with E-state index in [1.165, 1.54) is 5.06 Å². The van der Waals surface area contributed by atoms with Crippen LogP contribution in [0.25, 0.3) is 0 Å². The van der Waals surface area contributed by atoms with Crippen molar-refractivity contribution in [3.8, 4) is 0 Å². The minimum atomic E-state index is -1.45. The lowest BCUT2D eigenvalue weighted by molar-refractivity contribution is -0.259. The molecule has 0 radical (unpaired) electrons. The van der Waals surface area contributed by atoms with Gasteiger partial charge in [-0.2, -0.15) is 5.06 Å². The fraction of sp³-hybridized carbons (Fsp3) is 0.909. The second kappa shape index (κ2) is 12.3. The Hall–Kier alpha value is -1.40. The van der Waals surface area contributed by atoms with E-state index >= 15 is 0 Å². The minimum Gasteiger partial charge on any atom is -0.462 e. The van der Waals surface area contributed by atoms with E-state index in [9.17, 15) is 19.6 Å². The molecule has 11 heteroatoms. The lowest BCUT2D eigenvalue weighted by atomic mass is 9.78.